The van der Waals surface area contributed by atoms with E-state index < -0.39 is 5.97 Å². The highest BCUT2D eigenvalue weighted by atomic mass is 16.5. The molecule has 3 aromatic rings. The molecule has 0 saturated carbocycles. The maximum Gasteiger partial charge on any atom is 0.379 e. The van der Waals surface area contributed by atoms with Crippen LogP contribution in [0.5, 0.6) is 5.75 Å². The fraction of sp³-hybridized carbons (Fsp3) is 0.190. The molecule has 1 aliphatic rings. The fourth-order valence-electron chi connectivity index (χ4n) is 3.18. The quantitative estimate of drug-likeness (QED) is 0.552. The Hall–Kier alpha value is -3.41. The monoisotopic (exact) mass is 361 g/mol. The van der Waals surface area contributed by atoms with E-state index in [2.05, 4.69) is 15.5 Å². The molecular formula is C21H19N3O3. The summed E-state index contributed by atoms with van der Waals surface area (Å²) in [5.74, 6) is 0.866. The van der Waals surface area contributed by atoms with Gasteiger partial charge in [0.1, 0.15) is 11.5 Å². The largest absolute Gasteiger partial charge is 0.453 e. The summed E-state index contributed by atoms with van der Waals surface area (Å²) in [5, 5.41) is 4.56. The molecule has 0 amide bonds. The van der Waals surface area contributed by atoms with Crippen LogP contribution < -0.4 is 10.2 Å². The number of pyridine rings is 1. The Labute approximate surface area is 156 Å². The van der Waals surface area contributed by atoms with Gasteiger partial charge in [-0.3, -0.25) is 10.4 Å². The Morgan fingerprint density at radius 2 is 2.04 bits per heavy atom. The molecule has 1 N–H and O–H groups in total. The highest BCUT2D eigenvalue weighted by Crippen LogP contribution is 2.30. The molecule has 136 valence electrons. The van der Waals surface area contributed by atoms with Gasteiger partial charge in [0.15, 0.2) is 0 Å². The number of carbonyl (C=O) groups excluding carboxylic acids is 1. The number of anilines is 1. The SMILES string of the molecule is Cc1c(C(=O)Oc2cccnc2)oc2c1/C(=N/Nc1ccccc1)CCC2. The second-order valence-electron chi connectivity index (χ2n) is 6.32. The van der Waals surface area contributed by atoms with Gasteiger partial charge in [0.2, 0.25) is 5.76 Å². The van der Waals surface area contributed by atoms with E-state index in [1.54, 1.807) is 18.3 Å². The molecule has 1 aliphatic carbocycles. The molecule has 2 aromatic heterocycles. The van der Waals surface area contributed by atoms with Crippen molar-refractivity contribution in [3.05, 3.63) is 77.5 Å². The molecular weight excluding hydrogens is 342 g/mol. The summed E-state index contributed by atoms with van der Waals surface area (Å²) in [7, 11) is 0. The van der Waals surface area contributed by atoms with Gasteiger partial charge in [-0.1, -0.05) is 18.2 Å². The first-order valence-electron chi connectivity index (χ1n) is 8.85. The smallest absolute Gasteiger partial charge is 0.379 e. The van der Waals surface area contributed by atoms with Gasteiger partial charge in [0.25, 0.3) is 0 Å². The predicted octanol–water partition coefficient (Wildman–Crippen LogP) is 4.35. The van der Waals surface area contributed by atoms with Crippen LogP contribution >= 0.6 is 0 Å². The molecule has 0 atom stereocenters. The lowest BCUT2D eigenvalue weighted by Crippen LogP contribution is -2.13. The summed E-state index contributed by atoms with van der Waals surface area (Å²) in [6.45, 7) is 1.87. The second-order valence-corrected chi connectivity index (χ2v) is 6.32. The van der Waals surface area contributed by atoms with E-state index in [0.29, 0.717) is 5.75 Å². The van der Waals surface area contributed by atoms with E-state index in [-0.39, 0.29) is 5.76 Å². The Balaban J connectivity index is 1.61. The number of benzene rings is 1. The lowest BCUT2D eigenvalue weighted by atomic mass is 9.93. The lowest BCUT2D eigenvalue weighted by Gasteiger charge is -2.13. The molecule has 0 radical (unpaired) electrons. The number of hydrazone groups is 1. The van der Waals surface area contributed by atoms with Gasteiger partial charge < -0.3 is 9.15 Å². The number of hydrogen-bond donors (Lipinski definition) is 1. The van der Waals surface area contributed by atoms with Crippen LogP contribution in [0, 0.1) is 6.92 Å². The third-order valence-electron chi connectivity index (χ3n) is 4.45. The molecule has 4 rings (SSSR count). The van der Waals surface area contributed by atoms with Crippen LogP contribution in [0.3, 0.4) is 0 Å². The Bertz CT molecular complexity index is 979. The van der Waals surface area contributed by atoms with Crippen LogP contribution in [0.4, 0.5) is 5.69 Å². The number of nitrogens with zero attached hydrogens (tertiary/aromatic N) is 2. The minimum atomic E-state index is -0.523. The Kier molecular flexibility index (Phi) is 4.70. The molecule has 1 aromatic carbocycles. The van der Waals surface area contributed by atoms with E-state index in [0.717, 1.165) is 47.5 Å². The van der Waals surface area contributed by atoms with Crippen molar-refractivity contribution in [3.63, 3.8) is 0 Å². The van der Waals surface area contributed by atoms with Crippen LogP contribution in [0.25, 0.3) is 0 Å². The topological polar surface area (TPSA) is 76.7 Å². The first-order valence-corrected chi connectivity index (χ1v) is 8.85. The summed E-state index contributed by atoms with van der Waals surface area (Å²) in [5.41, 5.74) is 6.55. The van der Waals surface area contributed by atoms with Crippen molar-refractivity contribution in [2.75, 3.05) is 5.43 Å². The van der Waals surface area contributed by atoms with Crippen molar-refractivity contribution in [3.8, 4) is 5.75 Å². The third-order valence-corrected chi connectivity index (χ3v) is 4.45. The average molecular weight is 361 g/mol. The molecule has 0 unspecified atom stereocenters. The van der Waals surface area contributed by atoms with Crippen molar-refractivity contribution in [1.82, 2.24) is 4.98 Å². The third kappa shape index (κ3) is 3.60. The molecule has 6 heteroatoms. The van der Waals surface area contributed by atoms with Gasteiger partial charge >= 0.3 is 5.97 Å². The first kappa shape index (κ1) is 17.0. The second kappa shape index (κ2) is 7.45. The van der Waals surface area contributed by atoms with Gasteiger partial charge in [-0.05, 0) is 44.0 Å². The molecule has 0 spiro atoms. The zero-order valence-corrected chi connectivity index (χ0v) is 14.9. The van der Waals surface area contributed by atoms with Crippen molar-refractivity contribution in [2.24, 2.45) is 5.10 Å². The number of fused-ring (bicyclic) bond motifs is 1. The number of hydrogen-bond acceptors (Lipinski definition) is 6. The highest BCUT2D eigenvalue weighted by Gasteiger charge is 2.29. The molecule has 0 saturated heterocycles. The molecule has 0 fully saturated rings. The minimum Gasteiger partial charge on any atom is -0.453 e. The van der Waals surface area contributed by atoms with Crippen LogP contribution in [0.1, 0.15) is 40.3 Å². The minimum absolute atomic E-state index is 0.221. The molecule has 0 bridgehead atoms. The number of furan rings is 1. The summed E-state index contributed by atoms with van der Waals surface area (Å²) >= 11 is 0. The molecule has 27 heavy (non-hydrogen) atoms. The summed E-state index contributed by atoms with van der Waals surface area (Å²) < 4.78 is 11.2. The van der Waals surface area contributed by atoms with Gasteiger partial charge in [-0.15, -0.1) is 0 Å². The van der Waals surface area contributed by atoms with Crippen molar-refractivity contribution in [1.29, 1.82) is 0 Å². The zero-order chi connectivity index (χ0) is 18.6. The Morgan fingerprint density at radius 1 is 1.19 bits per heavy atom. The number of para-hydroxylation sites is 1. The van der Waals surface area contributed by atoms with E-state index in [4.69, 9.17) is 9.15 Å². The van der Waals surface area contributed by atoms with Crippen molar-refractivity contribution in [2.45, 2.75) is 26.2 Å². The standard InChI is InChI=1S/C21H19N3O3/c1-14-19-17(24-23-15-7-3-2-4-8-15)10-5-11-18(19)27-20(14)21(25)26-16-9-6-12-22-13-16/h2-4,6-9,12-13,23H,5,10-11H2,1H3/b24-17+. The summed E-state index contributed by atoms with van der Waals surface area (Å²) in [4.78, 5) is 16.5. The number of nitrogens with one attached hydrogen (secondary N) is 1. The van der Waals surface area contributed by atoms with E-state index in [1.807, 2.05) is 37.3 Å². The fourth-order valence-corrected chi connectivity index (χ4v) is 3.18. The van der Waals surface area contributed by atoms with Gasteiger partial charge in [0, 0.05) is 23.7 Å². The molecule has 2 heterocycles. The number of ether oxygens (including phenoxy) is 1. The molecule has 6 nitrogen and oxygen atoms in total. The van der Waals surface area contributed by atoms with E-state index in [1.165, 1.54) is 6.20 Å². The van der Waals surface area contributed by atoms with Gasteiger partial charge in [-0.2, -0.15) is 5.10 Å². The number of aryl methyl sites for hydroxylation is 1. The highest BCUT2D eigenvalue weighted by molar-refractivity contribution is 6.06. The van der Waals surface area contributed by atoms with Crippen LogP contribution in [0.15, 0.2) is 64.4 Å². The van der Waals surface area contributed by atoms with E-state index >= 15 is 0 Å². The lowest BCUT2D eigenvalue weighted by molar-refractivity contribution is 0.0697. The van der Waals surface area contributed by atoms with Crippen LogP contribution in [0.2, 0.25) is 0 Å². The first-order chi connectivity index (χ1) is 13.2. The normalized spacial score (nSPS) is 14.6. The predicted molar refractivity (Wildman–Crippen MR) is 102 cm³/mol. The number of esters is 1. The van der Waals surface area contributed by atoms with Crippen molar-refractivity contribution >= 4 is 17.4 Å². The van der Waals surface area contributed by atoms with E-state index in [9.17, 15) is 4.79 Å². The average Bonchev–Trinajstić information content (AvgIpc) is 3.05. The van der Waals surface area contributed by atoms with Gasteiger partial charge in [0.05, 0.1) is 17.6 Å². The zero-order valence-electron chi connectivity index (χ0n) is 14.9. The van der Waals surface area contributed by atoms with Crippen LogP contribution in [-0.4, -0.2) is 16.7 Å². The summed E-state index contributed by atoms with van der Waals surface area (Å²) in [6, 6.07) is 13.1. The summed E-state index contributed by atoms with van der Waals surface area (Å²) in [6.07, 6.45) is 5.64. The Morgan fingerprint density at radius 3 is 2.81 bits per heavy atom. The number of aromatic nitrogens is 1. The number of carbonyl (C=O) groups is 1. The number of rotatable bonds is 4. The maximum atomic E-state index is 12.5. The molecule has 0 aliphatic heterocycles. The van der Waals surface area contributed by atoms with Gasteiger partial charge in [-0.25, -0.2) is 4.79 Å². The maximum absolute atomic E-state index is 12.5. The van der Waals surface area contributed by atoms with Crippen molar-refractivity contribution < 1.29 is 13.9 Å². The van der Waals surface area contributed by atoms with Crippen LogP contribution in [-0.2, 0) is 6.42 Å².